The number of ether oxygens (including phenoxy) is 3. The smallest absolute Gasteiger partial charge is 0.150 e. The van der Waals surface area contributed by atoms with Gasteiger partial charge in [0, 0.05) is 17.6 Å². The number of aldehydes is 1. The van der Waals surface area contributed by atoms with Crippen molar-refractivity contribution < 1.29 is 19.0 Å². The maximum Gasteiger partial charge on any atom is 0.150 e. The minimum Gasteiger partial charge on any atom is -0.494 e. The molecule has 0 radical (unpaired) electrons. The zero-order chi connectivity index (χ0) is 15.7. The molecule has 0 amide bonds. The number of carbonyl (C=O) groups is 1. The van der Waals surface area contributed by atoms with Gasteiger partial charge in [-0.25, -0.2) is 0 Å². The summed E-state index contributed by atoms with van der Waals surface area (Å²) >= 11 is 0. The van der Waals surface area contributed by atoms with Crippen molar-refractivity contribution in [3.8, 4) is 5.75 Å². The van der Waals surface area contributed by atoms with E-state index in [4.69, 9.17) is 14.2 Å². The Balaban J connectivity index is 1.41. The van der Waals surface area contributed by atoms with E-state index in [2.05, 4.69) is 6.92 Å². The lowest BCUT2D eigenvalue weighted by Crippen LogP contribution is -2.43. The summed E-state index contributed by atoms with van der Waals surface area (Å²) < 4.78 is 16.5. The molecule has 0 aliphatic carbocycles. The van der Waals surface area contributed by atoms with E-state index in [1.54, 1.807) is 12.1 Å². The summed E-state index contributed by atoms with van der Waals surface area (Å²) in [6, 6.07) is 7.21. The van der Waals surface area contributed by atoms with Crippen LogP contribution in [0.2, 0.25) is 0 Å². The molecule has 0 bridgehead atoms. The van der Waals surface area contributed by atoms with Gasteiger partial charge in [0.2, 0.25) is 0 Å². The van der Waals surface area contributed by atoms with Crippen LogP contribution in [-0.4, -0.2) is 39.3 Å². The van der Waals surface area contributed by atoms with Crippen molar-refractivity contribution in [3.05, 3.63) is 29.8 Å². The lowest BCUT2D eigenvalue weighted by molar-refractivity contribution is -0.137. The fourth-order valence-electron chi connectivity index (χ4n) is 2.34. The highest BCUT2D eigenvalue weighted by molar-refractivity contribution is 5.74. The Morgan fingerprint density at radius 3 is 2.36 bits per heavy atom. The van der Waals surface area contributed by atoms with Crippen LogP contribution < -0.4 is 4.74 Å². The van der Waals surface area contributed by atoms with Gasteiger partial charge in [-0.2, -0.15) is 0 Å². The molecule has 0 unspecified atom stereocenters. The molecule has 1 heterocycles. The third-order valence-corrected chi connectivity index (χ3v) is 3.82. The van der Waals surface area contributed by atoms with Gasteiger partial charge in [-0.15, -0.1) is 0 Å². The van der Waals surface area contributed by atoms with E-state index >= 15 is 0 Å². The standard InChI is InChI=1S/C18H26O4/c1-18(14-21-15-18)13-20-10-4-2-3-5-11-22-17-8-6-16(12-19)7-9-17/h6-9,12H,2-5,10-11,13-15H2,1H3. The van der Waals surface area contributed by atoms with E-state index in [0.717, 1.165) is 64.3 Å². The summed E-state index contributed by atoms with van der Waals surface area (Å²) in [5.41, 5.74) is 0.933. The lowest BCUT2D eigenvalue weighted by atomic mass is 9.90. The molecule has 0 aromatic heterocycles. The molecule has 122 valence electrons. The lowest BCUT2D eigenvalue weighted by Gasteiger charge is -2.37. The van der Waals surface area contributed by atoms with Gasteiger partial charge in [0.05, 0.1) is 26.4 Å². The van der Waals surface area contributed by atoms with Gasteiger partial charge in [0.25, 0.3) is 0 Å². The summed E-state index contributed by atoms with van der Waals surface area (Å²) in [5, 5.41) is 0. The number of benzene rings is 1. The normalized spacial score (nSPS) is 16.0. The first-order valence-corrected chi connectivity index (χ1v) is 8.05. The van der Waals surface area contributed by atoms with E-state index in [1.165, 1.54) is 6.42 Å². The number of hydrogen-bond donors (Lipinski definition) is 0. The van der Waals surface area contributed by atoms with Crippen molar-refractivity contribution in [1.82, 2.24) is 0 Å². The second-order valence-electron chi connectivity index (χ2n) is 6.31. The molecule has 1 aliphatic rings. The van der Waals surface area contributed by atoms with Crippen molar-refractivity contribution in [2.24, 2.45) is 5.41 Å². The second-order valence-corrected chi connectivity index (χ2v) is 6.31. The van der Waals surface area contributed by atoms with Crippen LogP contribution in [-0.2, 0) is 9.47 Å². The quantitative estimate of drug-likeness (QED) is 0.464. The summed E-state index contributed by atoms with van der Waals surface area (Å²) in [6.07, 6.45) is 5.30. The zero-order valence-electron chi connectivity index (χ0n) is 13.4. The number of unbranched alkanes of at least 4 members (excludes halogenated alkanes) is 3. The molecule has 2 rings (SSSR count). The minimum atomic E-state index is 0.257. The first-order valence-electron chi connectivity index (χ1n) is 8.05. The Morgan fingerprint density at radius 1 is 1.09 bits per heavy atom. The predicted octanol–water partition coefficient (Wildman–Crippen LogP) is 3.49. The Kier molecular flexibility index (Phi) is 6.87. The Labute approximate surface area is 132 Å². The monoisotopic (exact) mass is 306 g/mol. The van der Waals surface area contributed by atoms with Crippen LogP contribution in [0.15, 0.2) is 24.3 Å². The highest BCUT2D eigenvalue weighted by atomic mass is 16.5. The van der Waals surface area contributed by atoms with E-state index in [9.17, 15) is 4.79 Å². The van der Waals surface area contributed by atoms with Crippen molar-refractivity contribution in [2.45, 2.75) is 32.6 Å². The van der Waals surface area contributed by atoms with Crippen molar-refractivity contribution in [2.75, 3.05) is 33.0 Å². The highest BCUT2D eigenvalue weighted by Crippen LogP contribution is 2.26. The minimum absolute atomic E-state index is 0.257. The Hall–Kier alpha value is -1.39. The maximum atomic E-state index is 10.5. The van der Waals surface area contributed by atoms with E-state index in [1.807, 2.05) is 12.1 Å². The third-order valence-electron chi connectivity index (χ3n) is 3.82. The van der Waals surface area contributed by atoms with Crippen LogP contribution in [0.4, 0.5) is 0 Å². The van der Waals surface area contributed by atoms with Gasteiger partial charge in [-0.1, -0.05) is 13.3 Å². The molecule has 1 aromatic rings. The first-order chi connectivity index (χ1) is 10.7. The fourth-order valence-corrected chi connectivity index (χ4v) is 2.34. The summed E-state index contributed by atoms with van der Waals surface area (Å²) in [6.45, 7) is 6.24. The van der Waals surface area contributed by atoms with Crippen LogP contribution >= 0.6 is 0 Å². The van der Waals surface area contributed by atoms with Gasteiger partial charge in [-0.05, 0) is 43.5 Å². The van der Waals surface area contributed by atoms with E-state index in [0.29, 0.717) is 5.56 Å². The van der Waals surface area contributed by atoms with Gasteiger partial charge < -0.3 is 14.2 Å². The van der Waals surface area contributed by atoms with Crippen LogP contribution in [0, 0.1) is 5.41 Å². The summed E-state index contributed by atoms with van der Waals surface area (Å²) in [7, 11) is 0. The van der Waals surface area contributed by atoms with Crippen molar-refractivity contribution in [1.29, 1.82) is 0 Å². The molecule has 1 saturated heterocycles. The fraction of sp³-hybridized carbons (Fsp3) is 0.611. The van der Waals surface area contributed by atoms with E-state index < -0.39 is 0 Å². The van der Waals surface area contributed by atoms with Crippen LogP contribution in [0.3, 0.4) is 0 Å². The Bertz CT molecular complexity index is 437. The largest absolute Gasteiger partial charge is 0.494 e. The SMILES string of the molecule is CC1(COCCCCCCOc2ccc(C=O)cc2)COC1. The molecular formula is C18H26O4. The molecule has 0 N–H and O–H groups in total. The van der Waals surface area contributed by atoms with Crippen LogP contribution in [0.25, 0.3) is 0 Å². The first kappa shape index (κ1) is 17.0. The molecule has 1 aliphatic heterocycles. The van der Waals surface area contributed by atoms with Crippen molar-refractivity contribution in [3.63, 3.8) is 0 Å². The topological polar surface area (TPSA) is 44.8 Å². The van der Waals surface area contributed by atoms with Gasteiger partial charge >= 0.3 is 0 Å². The third kappa shape index (κ3) is 5.78. The summed E-state index contributed by atoms with van der Waals surface area (Å²) in [4.78, 5) is 10.5. The van der Waals surface area contributed by atoms with Gasteiger partial charge in [0.15, 0.2) is 0 Å². The van der Waals surface area contributed by atoms with Crippen LogP contribution in [0.5, 0.6) is 5.75 Å². The van der Waals surface area contributed by atoms with Crippen molar-refractivity contribution >= 4 is 6.29 Å². The number of hydrogen-bond acceptors (Lipinski definition) is 4. The molecule has 4 nitrogen and oxygen atoms in total. The zero-order valence-corrected chi connectivity index (χ0v) is 13.4. The number of carbonyl (C=O) groups excluding carboxylic acids is 1. The predicted molar refractivity (Wildman–Crippen MR) is 85.5 cm³/mol. The molecule has 22 heavy (non-hydrogen) atoms. The molecule has 0 atom stereocenters. The maximum absolute atomic E-state index is 10.5. The molecule has 1 fully saturated rings. The molecule has 0 spiro atoms. The number of rotatable bonds is 11. The van der Waals surface area contributed by atoms with Gasteiger partial charge in [0.1, 0.15) is 12.0 Å². The van der Waals surface area contributed by atoms with Crippen LogP contribution in [0.1, 0.15) is 43.0 Å². The average Bonchev–Trinajstić information content (AvgIpc) is 2.52. The molecule has 1 aromatic carbocycles. The molecule has 0 saturated carbocycles. The molecule has 4 heteroatoms. The van der Waals surface area contributed by atoms with Gasteiger partial charge in [-0.3, -0.25) is 4.79 Å². The Morgan fingerprint density at radius 2 is 1.77 bits per heavy atom. The molecular weight excluding hydrogens is 280 g/mol. The highest BCUT2D eigenvalue weighted by Gasteiger charge is 2.33. The average molecular weight is 306 g/mol. The summed E-state index contributed by atoms with van der Waals surface area (Å²) in [5.74, 6) is 0.824. The van der Waals surface area contributed by atoms with E-state index in [-0.39, 0.29) is 5.41 Å². The second kappa shape index (κ2) is 8.91.